The summed E-state index contributed by atoms with van der Waals surface area (Å²) >= 11 is 0. The maximum Gasteiger partial charge on any atom is 0.318 e. The van der Waals surface area contributed by atoms with Gasteiger partial charge in [0.25, 0.3) is 5.91 Å². The summed E-state index contributed by atoms with van der Waals surface area (Å²) in [5, 5.41) is 6.84. The number of nitrogens with one attached hydrogen (secondary N) is 2. The molecule has 2 aromatic carbocycles. The van der Waals surface area contributed by atoms with E-state index in [0.29, 0.717) is 49.4 Å². The number of urea groups is 1. The van der Waals surface area contributed by atoms with Crippen LogP contribution in [0.15, 0.2) is 48.5 Å². The van der Waals surface area contributed by atoms with E-state index in [1.807, 2.05) is 23.1 Å². The molecular weight excluding hydrogens is 544 g/mol. The van der Waals surface area contributed by atoms with Crippen LogP contribution in [0, 0.1) is 11.8 Å². The van der Waals surface area contributed by atoms with Gasteiger partial charge in [-0.05, 0) is 68.7 Å². The third kappa shape index (κ3) is 8.86. The first-order chi connectivity index (χ1) is 20.9. The fraction of sp³-hybridized carbons (Fsp3) is 0.588. The smallest absolute Gasteiger partial charge is 0.318 e. The highest BCUT2D eigenvalue weighted by atomic mass is 16.5. The van der Waals surface area contributed by atoms with Gasteiger partial charge in [0.05, 0.1) is 19.8 Å². The highest BCUT2D eigenvalue weighted by molar-refractivity contribution is 5.95. The minimum Gasteiger partial charge on any atom is -0.493 e. The molecule has 0 unspecified atom stereocenters. The van der Waals surface area contributed by atoms with Gasteiger partial charge in [-0.3, -0.25) is 4.79 Å². The molecule has 3 amide bonds. The Bertz CT molecular complexity index is 1170. The van der Waals surface area contributed by atoms with Gasteiger partial charge in [-0.25, -0.2) is 4.79 Å². The van der Waals surface area contributed by atoms with E-state index in [-0.39, 0.29) is 35.9 Å². The van der Waals surface area contributed by atoms with E-state index in [2.05, 4.69) is 48.4 Å². The van der Waals surface area contributed by atoms with Gasteiger partial charge in [-0.2, -0.15) is 0 Å². The maximum absolute atomic E-state index is 13.9. The summed E-state index contributed by atoms with van der Waals surface area (Å²) < 4.78 is 16.5. The van der Waals surface area contributed by atoms with Gasteiger partial charge in [0, 0.05) is 64.0 Å². The third-order valence-electron chi connectivity index (χ3n) is 8.54. The zero-order chi connectivity index (χ0) is 30.8. The molecule has 236 valence electrons. The van der Waals surface area contributed by atoms with Crippen molar-refractivity contribution in [3.63, 3.8) is 0 Å². The average molecular weight is 595 g/mol. The molecule has 2 N–H and O–H groups in total. The SMILES string of the molecule is CC[C@@H](NC(=O)N(C[C@@H]1CNC[C@H]1CN(C(=O)c1ccc(OC)c(OCCCOC)c1)C(C)C)C1CC1)c1ccccc1. The molecular formula is C34H50N4O5. The van der Waals surface area contributed by atoms with Crippen LogP contribution < -0.4 is 20.1 Å². The summed E-state index contributed by atoms with van der Waals surface area (Å²) in [6.45, 7) is 10.2. The lowest BCUT2D eigenvalue weighted by molar-refractivity contribution is 0.0652. The van der Waals surface area contributed by atoms with E-state index in [1.165, 1.54) is 0 Å². The molecule has 9 heteroatoms. The van der Waals surface area contributed by atoms with Crippen molar-refractivity contribution >= 4 is 11.9 Å². The summed E-state index contributed by atoms with van der Waals surface area (Å²) in [5.41, 5.74) is 1.70. The zero-order valence-electron chi connectivity index (χ0n) is 26.5. The van der Waals surface area contributed by atoms with Crippen molar-refractivity contribution in [2.24, 2.45) is 11.8 Å². The lowest BCUT2D eigenvalue weighted by Crippen LogP contribution is -2.48. The molecule has 0 spiro atoms. The molecule has 9 nitrogen and oxygen atoms in total. The Morgan fingerprint density at radius 1 is 0.977 bits per heavy atom. The lowest BCUT2D eigenvalue weighted by Gasteiger charge is -2.34. The molecule has 0 aromatic heterocycles. The first kappa shape index (κ1) is 32.6. The molecule has 1 heterocycles. The van der Waals surface area contributed by atoms with E-state index >= 15 is 0 Å². The molecule has 1 saturated carbocycles. The molecule has 2 aromatic rings. The Hall–Kier alpha value is -3.30. The number of hydrogen-bond donors (Lipinski definition) is 2. The second-order valence-corrected chi connectivity index (χ2v) is 12.0. The van der Waals surface area contributed by atoms with E-state index in [1.54, 1.807) is 32.4 Å². The number of benzene rings is 2. The van der Waals surface area contributed by atoms with Gasteiger partial charge in [-0.1, -0.05) is 37.3 Å². The van der Waals surface area contributed by atoms with E-state index in [0.717, 1.165) is 44.3 Å². The summed E-state index contributed by atoms with van der Waals surface area (Å²) in [5.74, 6) is 1.62. The van der Waals surface area contributed by atoms with Crippen molar-refractivity contribution in [1.82, 2.24) is 20.4 Å². The summed E-state index contributed by atoms with van der Waals surface area (Å²) in [6.07, 6.45) is 3.67. The fourth-order valence-corrected chi connectivity index (χ4v) is 5.84. The average Bonchev–Trinajstić information content (AvgIpc) is 3.77. The second kappa shape index (κ2) is 16.0. The van der Waals surface area contributed by atoms with Gasteiger partial charge < -0.3 is 34.6 Å². The summed E-state index contributed by atoms with van der Waals surface area (Å²) in [6, 6.07) is 15.9. The highest BCUT2D eigenvalue weighted by Gasteiger charge is 2.39. The Morgan fingerprint density at radius 2 is 1.70 bits per heavy atom. The van der Waals surface area contributed by atoms with Gasteiger partial charge in [0.1, 0.15) is 0 Å². The Labute approximate surface area is 257 Å². The van der Waals surface area contributed by atoms with Crippen molar-refractivity contribution in [1.29, 1.82) is 0 Å². The van der Waals surface area contributed by atoms with Gasteiger partial charge in [0.15, 0.2) is 11.5 Å². The normalized spacial score (nSPS) is 18.7. The number of nitrogens with zero attached hydrogens (tertiary/aromatic N) is 2. The monoisotopic (exact) mass is 594 g/mol. The number of rotatable bonds is 16. The van der Waals surface area contributed by atoms with Crippen LogP contribution in [0.5, 0.6) is 11.5 Å². The molecule has 3 atom stereocenters. The van der Waals surface area contributed by atoms with Crippen LogP contribution in [-0.2, 0) is 4.74 Å². The van der Waals surface area contributed by atoms with Crippen molar-refractivity contribution in [2.45, 2.75) is 64.6 Å². The van der Waals surface area contributed by atoms with Crippen LogP contribution >= 0.6 is 0 Å². The Kier molecular flexibility index (Phi) is 12.1. The van der Waals surface area contributed by atoms with E-state index in [9.17, 15) is 9.59 Å². The number of methoxy groups -OCH3 is 2. The van der Waals surface area contributed by atoms with Crippen LogP contribution in [0.2, 0.25) is 0 Å². The van der Waals surface area contributed by atoms with Gasteiger partial charge >= 0.3 is 6.03 Å². The van der Waals surface area contributed by atoms with Gasteiger partial charge in [0.2, 0.25) is 0 Å². The largest absolute Gasteiger partial charge is 0.493 e. The van der Waals surface area contributed by atoms with Crippen LogP contribution in [0.1, 0.15) is 68.4 Å². The molecule has 0 radical (unpaired) electrons. The van der Waals surface area contributed by atoms with Crippen LogP contribution in [0.25, 0.3) is 0 Å². The second-order valence-electron chi connectivity index (χ2n) is 12.0. The Balaban J connectivity index is 1.43. The summed E-state index contributed by atoms with van der Waals surface area (Å²) in [7, 11) is 3.26. The standard InChI is InChI=1S/C34H50N4O5/c1-6-30(25-11-8-7-9-12-25)36-34(40)38(29-14-15-29)23-28-21-35-20-27(28)22-37(24(2)3)33(39)26-13-16-31(42-5)32(19-26)43-18-10-17-41-4/h7-9,11-13,16,19,24,27-30,35H,6,10,14-15,17-18,20-23H2,1-5H3,(H,36,40)/t27-,28-,30+/m0/s1. The molecule has 2 fully saturated rings. The molecule has 2 aliphatic rings. The van der Waals surface area contributed by atoms with Crippen molar-refractivity contribution in [3.8, 4) is 11.5 Å². The van der Waals surface area contributed by atoms with E-state index < -0.39 is 0 Å². The predicted octanol–water partition coefficient (Wildman–Crippen LogP) is 5.12. The highest BCUT2D eigenvalue weighted by Crippen LogP contribution is 2.32. The number of carbonyl (C=O) groups is 2. The van der Waals surface area contributed by atoms with Crippen LogP contribution in [0.3, 0.4) is 0 Å². The minimum atomic E-state index is -0.0320. The van der Waals surface area contributed by atoms with Crippen molar-refractivity contribution in [3.05, 3.63) is 59.7 Å². The van der Waals surface area contributed by atoms with Crippen molar-refractivity contribution in [2.75, 3.05) is 53.6 Å². The molecule has 1 saturated heterocycles. The first-order valence-electron chi connectivity index (χ1n) is 15.8. The van der Waals surface area contributed by atoms with Crippen LogP contribution in [0.4, 0.5) is 4.79 Å². The Morgan fingerprint density at radius 3 is 2.33 bits per heavy atom. The minimum absolute atomic E-state index is 0.0110. The topological polar surface area (TPSA) is 92.4 Å². The third-order valence-corrected chi connectivity index (χ3v) is 8.54. The molecule has 1 aliphatic heterocycles. The number of ether oxygens (including phenoxy) is 3. The van der Waals surface area contributed by atoms with Crippen molar-refractivity contribution < 1.29 is 23.8 Å². The molecule has 43 heavy (non-hydrogen) atoms. The molecule has 0 bridgehead atoms. The van der Waals surface area contributed by atoms with Gasteiger partial charge in [-0.15, -0.1) is 0 Å². The quantitative estimate of drug-likeness (QED) is 0.262. The molecule has 1 aliphatic carbocycles. The number of hydrogen-bond acceptors (Lipinski definition) is 6. The maximum atomic E-state index is 13.9. The number of amides is 3. The number of carbonyl (C=O) groups excluding carboxylic acids is 2. The fourth-order valence-electron chi connectivity index (χ4n) is 5.84. The predicted molar refractivity (Wildman–Crippen MR) is 169 cm³/mol. The molecule has 4 rings (SSSR count). The lowest BCUT2D eigenvalue weighted by atomic mass is 9.94. The first-order valence-corrected chi connectivity index (χ1v) is 15.8. The zero-order valence-corrected chi connectivity index (χ0v) is 26.5. The van der Waals surface area contributed by atoms with Crippen LogP contribution in [-0.4, -0.2) is 87.4 Å². The van der Waals surface area contributed by atoms with E-state index in [4.69, 9.17) is 14.2 Å². The summed E-state index contributed by atoms with van der Waals surface area (Å²) in [4.78, 5) is 31.4.